The third-order valence-electron chi connectivity index (χ3n) is 4.00. The maximum atomic E-state index is 11.8. The first-order chi connectivity index (χ1) is 10.6. The highest BCUT2D eigenvalue weighted by Gasteiger charge is 2.33. The van der Waals surface area contributed by atoms with E-state index in [9.17, 15) is 9.59 Å². The number of aliphatic carboxylic acids is 1. The van der Waals surface area contributed by atoms with Crippen LogP contribution in [-0.4, -0.2) is 28.4 Å². The molecular weight excluding hydrogens is 278 g/mol. The van der Waals surface area contributed by atoms with Gasteiger partial charge in [-0.1, -0.05) is 54.6 Å². The topological polar surface area (TPSA) is 57.6 Å². The van der Waals surface area contributed by atoms with E-state index in [-0.39, 0.29) is 12.3 Å². The van der Waals surface area contributed by atoms with E-state index in [1.54, 1.807) is 4.90 Å². The summed E-state index contributed by atoms with van der Waals surface area (Å²) in [7, 11) is 0. The van der Waals surface area contributed by atoms with Gasteiger partial charge in [0.15, 0.2) is 0 Å². The number of hydrogen-bond acceptors (Lipinski definition) is 2. The fourth-order valence-corrected chi connectivity index (χ4v) is 2.74. The minimum absolute atomic E-state index is 0.0838. The molecule has 1 saturated heterocycles. The maximum absolute atomic E-state index is 11.8. The van der Waals surface area contributed by atoms with Gasteiger partial charge in [0, 0.05) is 19.5 Å². The van der Waals surface area contributed by atoms with Gasteiger partial charge in [-0.3, -0.25) is 9.59 Å². The van der Waals surface area contributed by atoms with Crippen LogP contribution in [0.3, 0.4) is 0 Å². The molecule has 4 heteroatoms. The predicted molar refractivity (Wildman–Crippen MR) is 83.0 cm³/mol. The zero-order valence-electron chi connectivity index (χ0n) is 12.1. The molecule has 1 amide bonds. The third kappa shape index (κ3) is 3.01. The molecule has 0 radical (unpaired) electrons. The summed E-state index contributed by atoms with van der Waals surface area (Å²) in [5, 5.41) is 9.00. The van der Waals surface area contributed by atoms with Crippen molar-refractivity contribution in [1.29, 1.82) is 0 Å². The minimum Gasteiger partial charge on any atom is -0.481 e. The molecule has 0 saturated carbocycles. The maximum Gasteiger partial charge on any atom is 0.308 e. The molecule has 3 rings (SSSR count). The molecule has 0 spiro atoms. The van der Waals surface area contributed by atoms with Crippen molar-refractivity contribution in [3.05, 3.63) is 60.2 Å². The van der Waals surface area contributed by atoms with Crippen molar-refractivity contribution in [1.82, 2.24) is 4.90 Å². The standard InChI is InChI=1S/C18H17NO3/c20-17-10-16(18(21)22)12-19(17)11-13-6-8-15(9-7-13)14-4-2-1-3-5-14/h1-9,16H,10-12H2,(H,21,22). The lowest BCUT2D eigenvalue weighted by Crippen LogP contribution is -2.25. The van der Waals surface area contributed by atoms with Crippen molar-refractivity contribution >= 4 is 11.9 Å². The first kappa shape index (κ1) is 14.3. The van der Waals surface area contributed by atoms with E-state index in [1.165, 1.54) is 0 Å². The largest absolute Gasteiger partial charge is 0.481 e. The van der Waals surface area contributed by atoms with E-state index in [1.807, 2.05) is 42.5 Å². The zero-order chi connectivity index (χ0) is 15.5. The highest BCUT2D eigenvalue weighted by atomic mass is 16.4. The molecule has 1 aliphatic rings. The molecule has 1 heterocycles. The van der Waals surface area contributed by atoms with Gasteiger partial charge in [0.2, 0.25) is 5.91 Å². The van der Waals surface area contributed by atoms with Gasteiger partial charge in [0.05, 0.1) is 5.92 Å². The number of rotatable bonds is 4. The van der Waals surface area contributed by atoms with E-state index >= 15 is 0 Å². The van der Waals surface area contributed by atoms with Gasteiger partial charge >= 0.3 is 5.97 Å². The Morgan fingerprint density at radius 3 is 2.27 bits per heavy atom. The highest BCUT2D eigenvalue weighted by Crippen LogP contribution is 2.23. The number of amides is 1. The van der Waals surface area contributed by atoms with E-state index < -0.39 is 11.9 Å². The molecule has 0 bridgehead atoms. The van der Waals surface area contributed by atoms with Crippen molar-refractivity contribution in [2.24, 2.45) is 5.92 Å². The molecule has 1 aliphatic heterocycles. The van der Waals surface area contributed by atoms with Crippen LogP contribution in [0.5, 0.6) is 0 Å². The summed E-state index contributed by atoms with van der Waals surface area (Å²) in [6, 6.07) is 18.1. The van der Waals surface area contributed by atoms with E-state index in [2.05, 4.69) is 12.1 Å². The summed E-state index contributed by atoms with van der Waals surface area (Å²) in [4.78, 5) is 24.4. The average Bonchev–Trinajstić information content (AvgIpc) is 2.90. The summed E-state index contributed by atoms with van der Waals surface area (Å²) in [6.07, 6.45) is 0.109. The SMILES string of the molecule is O=C(O)C1CC(=O)N(Cc2ccc(-c3ccccc3)cc2)C1. The second-order valence-electron chi connectivity index (χ2n) is 5.58. The van der Waals surface area contributed by atoms with Crippen LogP contribution < -0.4 is 0 Å². The molecule has 1 atom stereocenters. The van der Waals surface area contributed by atoms with Gasteiger partial charge in [-0.15, -0.1) is 0 Å². The number of nitrogens with zero attached hydrogens (tertiary/aromatic N) is 1. The van der Waals surface area contributed by atoms with E-state index in [4.69, 9.17) is 5.11 Å². The Morgan fingerprint density at radius 1 is 1.05 bits per heavy atom. The van der Waals surface area contributed by atoms with Gasteiger partial charge in [0.1, 0.15) is 0 Å². The number of benzene rings is 2. The second kappa shape index (κ2) is 6.02. The molecular formula is C18H17NO3. The second-order valence-corrected chi connectivity index (χ2v) is 5.58. The molecule has 1 unspecified atom stereocenters. The van der Waals surface area contributed by atoms with Crippen molar-refractivity contribution < 1.29 is 14.7 Å². The molecule has 22 heavy (non-hydrogen) atoms. The summed E-state index contributed by atoms with van der Waals surface area (Å²) in [5.41, 5.74) is 3.29. The average molecular weight is 295 g/mol. The summed E-state index contributed by atoms with van der Waals surface area (Å²) in [6.45, 7) is 0.770. The van der Waals surface area contributed by atoms with Gasteiger partial charge in [-0.05, 0) is 16.7 Å². The lowest BCUT2D eigenvalue weighted by molar-refractivity contribution is -0.141. The summed E-state index contributed by atoms with van der Waals surface area (Å²) >= 11 is 0. The number of carbonyl (C=O) groups excluding carboxylic acids is 1. The molecule has 2 aromatic rings. The minimum atomic E-state index is -0.893. The predicted octanol–water partition coefficient (Wildman–Crippen LogP) is 2.79. The molecule has 4 nitrogen and oxygen atoms in total. The van der Waals surface area contributed by atoms with Crippen molar-refractivity contribution in [2.75, 3.05) is 6.54 Å². The Labute approximate surface area is 129 Å². The Kier molecular flexibility index (Phi) is 3.92. The highest BCUT2D eigenvalue weighted by molar-refractivity contribution is 5.86. The number of hydrogen-bond donors (Lipinski definition) is 1. The van der Waals surface area contributed by atoms with Crippen LogP contribution in [0.4, 0.5) is 0 Å². The van der Waals surface area contributed by atoms with Gasteiger partial charge < -0.3 is 10.0 Å². The third-order valence-corrected chi connectivity index (χ3v) is 4.00. The Hall–Kier alpha value is -2.62. The fraction of sp³-hybridized carbons (Fsp3) is 0.222. The van der Waals surface area contributed by atoms with E-state index in [0.717, 1.165) is 16.7 Å². The summed E-state index contributed by atoms with van der Waals surface area (Å²) in [5.74, 6) is -1.55. The first-order valence-electron chi connectivity index (χ1n) is 7.28. The van der Waals surface area contributed by atoms with Crippen LogP contribution in [0.2, 0.25) is 0 Å². The smallest absolute Gasteiger partial charge is 0.308 e. The van der Waals surface area contributed by atoms with Crippen LogP contribution in [0.15, 0.2) is 54.6 Å². The molecule has 0 aromatic heterocycles. The summed E-state index contributed by atoms with van der Waals surface area (Å²) < 4.78 is 0. The van der Waals surface area contributed by atoms with E-state index in [0.29, 0.717) is 13.1 Å². The number of carbonyl (C=O) groups is 2. The van der Waals surface area contributed by atoms with Crippen LogP contribution in [0.25, 0.3) is 11.1 Å². The van der Waals surface area contributed by atoms with Gasteiger partial charge in [-0.25, -0.2) is 0 Å². The molecule has 1 fully saturated rings. The van der Waals surface area contributed by atoms with Crippen LogP contribution in [-0.2, 0) is 16.1 Å². The van der Waals surface area contributed by atoms with Crippen molar-refractivity contribution in [3.8, 4) is 11.1 Å². The Morgan fingerprint density at radius 2 is 1.68 bits per heavy atom. The van der Waals surface area contributed by atoms with Gasteiger partial charge in [-0.2, -0.15) is 0 Å². The Balaban J connectivity index is 1.69. The lowest BCUT2D eigenvalue weighted by Gasteiger charge is -2.16. The first-order valence-corrected chi connectivity index (χ1v) is 7.28. The van der Waals surface area contributed by atoms with Crippen LogP contribution in [0, 0.1) is 5.92 Å². The van der Waals surface area contributed by atoms with Crippen LogP contribution in [0.1, 0.15) is 12.0 Å². The normalized spacial score (nSPS) is 17.7. The number of carboxylic acid groups (broad SMARTS) is 1. The monoisotopic (exact) mass is 295 g/mol. The molecule has 2 aromatic carbocycles. The molecule has 112 valence electrons. The Bertz CT molecular complexity index is 679. The quantitative estimate of drug-likeness (QED) is 0.943. The van der Waals surface area contributed by atoms with Crippen molar-refractivity contribution in [2.45, 2.75) is 13.0 Å². The molecule has 1 N–H and O–H groups in total. The molecule has 0 aliphatic carbocycles. The fourth-order valence-electron chi connectivity index (χ4n) is 2.74. The number of likely N-dealkylation sites (tertiary alicyclic amines) is 1. The lowest BCUT2D eigenvalue weighted by atomic mass is 10.0. The number of carboxylic acids is 1. The zero-order valence-corrected chi connectivity index (χ0v) is 12.1. The van der Waals surface area contributed by atoms with Gasteiger partial charge in [0.25, 0.3) is 0 Å². The van der Waals surface area contributed by atoms with Crippen LogP contribution >= 0.6 is 0 Å². The van der Waals surface area contributed by atoms with Crippen molar-refractivity contribution in [3.63, 3.8) is 0 Å².